The summed E-state index contributed by atoms with van der Waals surface area (Å²) in [7, 11) is 0. The van der Waals surface area contributed by atoms with E-state index in [-0.39, 0.29) is 5.91 Å². The zero-order valence-corrected chi connectivity index (χ0v) is 17.0. The molecule has 28 heavy (non-hydrogen) atoms. The van der Waals surface area contributed by atoms with Crippen LogP contribution < -0.4 is 9.80 Å². The van der Waals surface area contributed by atoms with E-state index in [9.17, 15) is 4.79 Å². The first-order chi connectivity index (χ1) is 13.6. The molecule has 0 saturated carbocycles. The maximum atomic E-state index is 13.1. The quantitative estimate of drug-likeness (QED) is 0.791. The van der Waals surface area contributed by atoms with Gasteiger partial charge in [-0.15, -0.1) is 0 Å². The van der Waals surface area contributed by atoms with Gasteiger partial charge in [-0.05, 0) is 44.4 Å². The molecule has 6 nitrogen and oxygen atoms in total. The summed E-state index contributed by atoms with van der Waals surface area (Å²) in [5.74, 6) is 1.53. The summed E-state index contributed by atoms with van der Waals surface area (Å²) in [5.41, 5.74) is 1.61. The summed E-state index contributed by atoms with van der Waals surface area (Å²) in [5, 5.41) is 0.734. The van der Waals surface area contributed by atoms with Crippen LogP contribution in [0.3, 0.4) is 0 Å². The van der Waals surface area contributed by atoms with E-state index < -0.39 is 0 Å². The molecule has 0 radical (unpaired) electrons. The summed E-state index contributed by atoms with van der Waals surface area (Å²) in [4.78, 5) is 28.5. The molecule has 0 bridgehead atoms. The molecule has 0 aliphatic carbocycles. The maximum Gasteiger partial charge on any atom is 0.272 e. The number of anilines is 2. The zero-order valence-electron chi connectivity index (χ0n) is 16.3. The number of rotatable bonds is 3. The summed E-state index contributed by atoms with van der Waals surface area (Å²) < 4.78 is 0. The van der Waals surface area contributed by atoms with Crippen molar-refractivity contribution in [3.05, 3.63) is 46.9 Å². The molecule has 2 fully saturated rings. The average molecular weight is 400 g/mol. The van der Waals surface area contributed by atoms with Gasteiger partial charge < -0.3 is 14.7 Å². The van der Waals surface area contributed by atoms with E-state index in [2.05, 4.69) is 25.8 Å². The SMILES string of the molecule is Cc1nc(C(=O)N2CCN(c3cccc(Cl)c3)CC2)cc(N2CCCCC2)n1. The summed E-state index contributed by atoms with van der Waals surface area (Å²) in [6, 6.07) is 9.73. The topological polar surface area (TPSA) is 52.6 Å². The van der Waals surface area contributed by atoms with Gasteiger partial charge in [0.2, 0.25) is 0 Å². The number of carbonyl (C=O) groups excluding carboxylic acids is 1. The third kappa shape index (κ3) is 4.22. The van der Waals surface area contributed by atoms with E-state index in [0.29, 0.717) is 24.6 Å². The molecule has 1 aromatic heterocycles. The second-order valence-electron chi connectivity index (χ2n) is 7.47. The molecule has 2 aromatic rings. The van der Waals surface area contributed by atoms with Gasteiger partial charge >= 0.3 is 0 Å². The van der Waals surface area contributed by atoms with Crippen molar-refractivity contribution >= 4 is 29.0 Å². The van der Waals surface area contributed by atoms with Crippen LogP contribution >= 0.6 is 11.6 Å². The molecule has 148 valence electrons. The predicted octanol–water partition coefficient (Wildman–Crippen LogP) is 3.39. The number of aromatic nitrogens is 2. The number of piperazine rings is 1. The molecule has 4 rings (SSSR count). The lowest BCUT2D eigenvalue weighted by Crippen LogP contribution is -2.49. The normalized spacial score (nSPS) is 17.7. The number of hydrogen-bond donors (Lipinski definition) is 0. The van der Waals surface area contributed by atoms with Gasteiger partial charge in [0.25, 0.3) is 5.91 Å². The Morgan fingerprint density at radius 2 is 1.68 bits per heavy atom. The molecule has 7 heteroatoms. The average Bonchev–Trinajstić information content (AvgIpc) is 2.73. The molecule has 0 N–H and O–H groups in total. The van der Waals surface area contributed by atoms with Crippen LogP contribution in [0.25, 0.3) is 0 Å². The van der Waals surface area contributed by atoms with Crippen molar-refractivity contribution < 1.29 is 4.79 Å². The van der Waals surface area contributed by atoms with Crippen LogP contribution in [0.5, 0.6) is 0 Å². The highest BCUT2D eigenvalue weighted by Gasteiger charge is 2.25. The number of hydrogen-bond acceptors (Lipinski definition) is 5. The highest BCUT2D eigenvalue weighted by molar-refractivity contribution is 6.30. The van der Waals surface area contributed by atoms with E-state index in [4.69, 9.17) is 11.6 Å². The summed E-state index contributed by atoms with van der Waals surface area (Å²) >= 11 is 6.11. The maximum absolute atomic E-state index is 13.1. The van der Waals surface area contributed by atoms with E-state index in [1.54, 1.807) is 0 Å². The molecule has 0 unspecified atom stereocenters. The standard InChI is InChI=1S/C21H26ClN5O/c1-16-23-19(15-20(24-16)26-8-3-2-4-9-26)21(28)27-12-10-25(11-13-27)18-7-5-6-17(22)14-18/h5-7,14-15H,2-4,8-13H2,1H3. The van der Waals surface area contributed by atoms with Gasteiger partial charge in [0.05, 0.1) is 0 Å². The Kier molecular flexibility index (Phi) is 5.67. The van der Waals surface area contributed by atoms with Crippen LogP contribution in [0.1, 0.15) is 35.6 Å². The molecule has 0 atom stereocenters. The second kappa shape index (κ2) is 8.35. The molecule has 3 heterocycles. The van der Waals surface area contributed by atoms with Crippen molar-refractivity contribution in [2.45, 2.75) is 26.2 Å². The van der Waals surface area contributed by atoms with Crippen LogP contribution in [-0.4, -0.2) is 60.0 Å². The van der Waals surface area contributed by atoms with Gasteiger partial charge in [0.1, 0.15) is 17.3 Å². The van der Waals surface area contributed by atoms with Crippen LogP contribution in [0.4, 0.5) is 11.5 Å². The highest BCUT2D eigenvalue weighted by atomic mass is 35.5. The monoisotopic (exact) mass is 399 g/mol. The number of amides is 1. The van der Waals surface area contributed by atoms with Crippen LogP contribution in [0.15, 0.2) is 30.3 Å². The number of piperidine rings is 1. The van der Waals surface area contributed by atoms with Gasteiger partial charge in [-0.2, -0.15) is 0 Å². The van der Waals surface area contributed by atoms with E-state index in [1.807, 2.05) is 36.1 Å². The molecule has 2 aliphatic rings. The number of carbonyl (C=O) groups is 1. The molecular formula is C21H26ClN5O. The Labute approximate surface area is 171 Å². The van der Waals surface area contributed by atoms with E-state index in [0.717, 1.165) is 42.7 Å². The van der Waals surface area contributed by atoms with Crippen LogP contribution in [0.2, 0.25) is 5.02 Å². The van der Waals surface area contributed by atoms with Crippen LogP contribution in [0, 0.1) is 6.92 Å². The molecule has 1 amide bonds. The molecule has 0 spiro atoms. The Morgan fingerprint density at radius 3 is 2.39 bits per heavy atom. The smallest absolute Gasteiger partial charge is 0.272 e. The van der Waals surface area contributed by atoms with E-state index >= 15 is 0 Å². The Morgan fingerprint density at radius 1 is 0.929 bits per heavy atom. The van der Waals surface area contributed by atoms with Gasteiger partial charge in [-0.3, -0.25) is 4.79 Å². The van der Waals surface area contributed by atoms with Crippen LogP contribution in [-0.2, 0) is 0 Å². The fraction of sp³-hybridized carbons (Fsp3) is 0.476. The predicted molar refractivity (Wildman–Crippen MR) is 112 cm³/mol. The lowest BCUT2D eigenvalue weighted by Gasteiger charge is -2.36. The van der Waals surface area contributed by atoms with Crippen molar-refractivity contribution in [3.8, 4) is 0 Å². The minimum Gasteiger partial charge on any atom is -0.368 e. The lowest BCUT2D eigenvalue weighted by atomic mass is 10.1. The Balaban J connectivity index is 1.44. The first-order valence-corrected chi connectivity index (χ1v) is 10.4. The van der Waals surface area contributed by atoms with Gasteiger partial charge in [0.15, 0.2) is 0 Å². The van der Waals surface area contributed by atoms with Gasteiger partial charge in [-0.1, -0.05) is 17.7 Å². The molecular weight excluding hydrogens is 374 g/mol. The molecule has 1 aromatic carbocycles. The third-order valence-corrected chi connectivity index (χ3v) is 5.70. The van der Waals surface area contributed by atoms with Crippen molar-refractivity contribution in [2.75, 3.05) is 49.1 Å². The van der Waals surface area contributed by atoms with Gasteiger partial charge in [-0.25, -0.2) is 9.97 Å². The Bertz CT molecular complexity index is 844. The lowest BCUT2D eigenvalue weighted by molar-refractivity contribution is 0.0740. The van der Waals surface area contributed by atoms with Crippen molar-refractivity contribution in [1.82, 2.24) is 14.9 Å². The third-order valence-electron chi connectivity index (χ3n) is 5.46. The first-order valence-electron chi connectivity index (χ1n) is 10.0. The highest BCUT2D eigenvalue weighted by Crippen LogP contribution is 2.22. The van der Waals surface area contributed by atoms with Gasteiger partial charge in [0, 0.05) is 56.0 Å². The fourth-order valence-corrected chi connectivity index (χ4v) is 4.13. The first kappa shape index (κ1) is 19.0. The van der Waals surface area contributed by atoms with Crippen molar-refractivity contribution in [1.29, 1.82) is 0 Å². The number of benzene rings is 1. The minimum atomic E-state index is -0.00509. The number of nitrogens with zero attached hydrogens (tertiary/aromatic N) is 5. The second-order valence-corrected chi connectivity index (χ2v) is 7.90. The largest absolute Gasteiger partial charge is 0.368 e. The zero-order chi connectivity index (χ0) is 19.5. The van der Waals surface area contributed by atoms with Crippen molar-refractivity contribution in [3.63, 3.8) is 0 Å². The van der Waals surface area contributed by atoms with E-state index in [1.165, 1.54) is 19.3 Å². The number of aryl methyl sites for hydroxylation is 1. The fourth-order valence-electron chi connectivity index (χ4n) is 3.95. The summed E-state index contributed by atoms with van der Waals surface area (Å²) in [6.07, 6.45) is 3.62. The summed E-state index contributed by atoms with van der Waals surface area (Å²) in [6.45, 7) is 6.79. The molecule has 2 saturated heterocycles. The minimum absolute atomic E-state index is 0.00509. The molecule has 2 aliphatic heterocycles. The number of halogens is 1. The Hall–Kier alpha value is -2.34. The van der Waals surface area contributed by atoms with Crippen molar-refractivity contribution in [2.24, 2.45) is 0 Å².